The van der Waals surface area contributed by atoms with E-state index in [1.54, 1.807) is 0 Å². The third-order valence-corrected chi connectivity index (χ3v) is 3.87. The second-order valence-electron chi connectivity index (χ2n) is 5.90. The van der Waals surface area contributed by atoms with E-state index in [1.807, 2.05) is 13.8 Å². The first-order chi connectivity index (χ1) is 11.4. The van der Waals surface area contributed by atoms with Gasteiger partial charge in [-0.3, -0.25) is 0 Å². The van der Waals surface area contributed by atoms with Gasteiger partial charge in [0, 0.05) is 25.8 Å². The average molecular weight is 475 g/mol. The molecule has 2 N–H and O–H groups in total. The van der Waals surface area contributed by atoms with Crippen LogP contribution in [-0.2, 0) is 11.3 Å². The predicted octanol–water partition coefficient (Wildman–Crippen LogP) is 3.49. The number of hydrogen-bond donors (Lipinski definition) is 2. The number of nitrogens with one attached hydrogen (secondary N) is 2. The zero-order chi connectivity index (χ0) is 17.7. The summed E-state index contributed by atoms with van der Waals surface area (Å²) < 4.78 is 59.4. The number of benzene rings is 1. The molecule has 25 heavy (non-hydrogen) atoms. The van der Waals surface area contributed by atoms with Crippen molar-refractivity contribution in [3.63, 3.8) is 0 Å². The first kappa shape index (κ1) is 21.9. The molecule has 0 spiro atoms. The van der Waals surface area contributed by atoms with E-state index < -0.39 is 35.4 Å². The molecule has 2 rings (SSSR count). The molecule has 0 aliphatic carbocycles. The Balaban J connectivity index is 0.00000312. The van der Waals surface area contributed by atoms with Crippen molar-refractivity contribution in [2.75, 3.05) is 19.7 Å². The molecule has 4 nitrogen and oxygen atoms in total. The van der Waals surface area contributed by atoms with Gasteiger partial charge in [-0.25, -0.2) is 22.6 Å². The maximum Gasteiger partial charge on any atom is 0.191 e. The Morgan fingerprint density at radius 1 is 1.20 bits per heavy atom. The molecule has 142 valence electrons. The Hall–Kier alpha value is -1.10. The number of rotatable bonds is 5. The van der Waals surface area contributed by atoms with E-state index >= 15 is 0 Å². The Kier molecular flexibility index (Phi) is 8.39. The van der Waals surface area contributed by atoms with Crippen LogP contribution in [-0.4, -0.2) is 31.3 Å². The fraction of sp³-hybridized carbons (Fsp3) is 0.562. The lowest BCUT2D eigenvalue weighted by Gasteiger charge is -2.24. The van der Waals surface area contributed by atoms with Crippen LogP contribution in [0.3, 0.4) is 0 Å². The van der Waals surface area contributed by atoms with Gasteiger partial charge < -0.3 is 15.4 Å². The highest BCUT2D eigenvalue weighted by Gasteiger charge is 2.29. The van der Waals surface area contributed by atoms with Crippen LogP contribution >= 0.6 is 24.0 Å². The van der Waals surface area contributed by atoms with Crippen LogP contribution in [0.5, 0.6) is 0 Å². The topological polar surface area (TPSA) is 45.7 Å². The summed E-state index contributed by atoms with van der Waals surface area (Å²) in [6.07, 6.45) is 1.85. The molecule has 1 aliphatic heterocycles. The van der Waals surface area contributed by atoms with Crippen molar-refractivity contribution in [1.29, 1.82) is 0 Å². The van der Waals surface area contributed by atoms with Crippen LogP contribution < -0.4 is 10.6 Å². The molecule has 0 radical (unpaired) electrons. The second kappa shape index (κ2) is 9.56. The van der Waals surface area contributed by atoms with Crippen molar-refractivity contribution in [1.82, 2.24) is 10.6 Å². The van der Waals surface area contributed by atoms with E-state index in [4.69, 9.17) is 4.74 Å². The maximum absolute atomic E-state index is 13.7. The van der Waals surface area contributed by atoms with E-state index in [9.17, 15) is 17.6 Å². The molecule has 1 fully saturated rings. The summed E-state index contributed by atoms with van der Waals surface area (Å²) in [5.74, 6) is -5.45. The number of ether oxygens (including phenoxy) is 1. The molecular weight excluding hydrogens is 453 g/mol. The molecule has 9 heteroatoms. The fourth-order valence-corrected chi connectivity index (χ4v) is 2.51. The third-order valence-electron chi connectivity index (χ3n) is 3.87. The molecule has 0 aromatic heterocycles. The van der Waals surface area contributed by atoms with Crippen LogP contribution in [0.1, 0.15) is 32.3 Å². The molecule has 1 heterocycles. The minimum absolute atomic E-state index is 0. The molecule has 1 atom stereocenters. The van der Waals surface area contributed by atoms with Crippen LogP contribution in [0.4, 0.5) is 17.6 Å². The molecule has 1 saturated heterocycles. The quantitative estimate of drug-likeness (QED) is 0.226. The van der Waals surface area contributed by atoms with E-state index in [1.165, 1.54) is 0 Å². The minimum atomic E-state index is -1.44. The van der Waals surface area contributed by atoms with Gasteiger partial charge in [0.2, 0.25) is 0 Å². The summed E-state index contributed by atoms with van der Waals surface area (Å²) in [4.78, 5) is 4.01. The van der Waals surface area contributed by atoms with Crippen LogP contribution in [0.25, 0.3) is 0 Å². The number of aliphatic imine (C=N–C) groups is 1. The van der Waals surface area contributed by atoms with Crippen LogP contribution in [0.2, 0.25) is 0 Å². The molecule has 0 amide bonds. The lowest BCUT2D eigenvalue weighted by atomic mass is 10.0. The van der Waals surface area contributed by atoms with Gasteiger partial charge in [-0.2, -0.15) is 0 Å². The first-order valence-corrected chi connectivity index (χ1v) is 7.84. The Bertz CT molecular complexity index is 596. The average Bonchev–Trinajstić information content (AvgIpc) is 2.97. The molecule has 1 aromatic carbocycles. The SMILES string of the molecule is CCNC(=NCc1c(F)c(F)cc(F)c1F)NCC1(C)CCCO1.I. The standard InChI is InChI=1S/C16H21F4N3O.HI/c1-3-21-15(23-9-16(2)5-4-6-24-16)22-8-10-13(19)11(17)7-12(18)14(10)20;/h7H,3-6,8-9H2,1-2H3,(H2,21,22,23);1H. The molecule has 0 bridgehead atoms. The van der Waals surface area contributed by atoms with Gasteiger partial charge in [-0.05, 0) is 26.7 Å². The van der Waals surface area contributed by atoms with Crippen LogP contribution in [0.15, 0.2) is 11.1 Å². The maximum atomic E-state index is 13.7. The molecular formula is C16H22F4IN3O. The zero-order valence-corrected chi connectivity index (χ0v) is 16.4. The normalized spacial score (nSPS) is 20.3. The Morgan fingerprint density at radius 3 is 2.36 bits per heavy atom. The highest BCUT2D eigenvalue weighted by Crippen LogP contribution is 2.24. The minimum Gasteiger partial charge on any atom is -0.373 e. The lowest BCUT2D eigenvalue weighted by molar-refractivity contribution is 0.0243. The monoisotopic (exact) mass is 475 g/mol. The Labute approximate surface area is 161 Å². The van der Waals surface area contributed by atoms with Gasteiger partial charge in [0.05, 0.1) is 17.7 Å². The van der Waals surface area contributed by atoms with Crippen molar-refractivity contribution >= 4 is 29.9 Å². The van der Waals surface area contributed by atoms with Crippen molar-refractivity contribution < 1.29 is 22.3 Å². The molecule has 0 saturated carbocycles. The van der Waals surface area contributed by atoms with Crippen molar-refractivity contribution in [3.8, 4) is 0 Å². The van der Waals surface area contributed by atoms with Gasteiger partial charge in [-0.15, -0.1) is 24.0 Å². The van der Waals surface area contributed by atoms with Gasteiger partial charge >= 0.3 is 0 Å². The third kappa shape index (κ3) is 5.70. The number of hydrogen-bond acceptors (Lipinski definition) is 2. The summed E-state index contributed by atoms with van der Waals surface area (Å²) >= 11 is 0. The van der Waals surface area contributed by atoms with E-state index in [-0.39, 0.29) is 41.6 Å². The molecule has 1 aromatic rings. The second-order valence-corrected chi connectivity index (χ2v) is 5.90. The van der Waals surface area contributed by atoms with Crippen molar-refractivity contribution in [2.24, 2.45) is 4.99 Å². The fourth-order valence-electron chi connectivity index (χ4n) is 2.51. The predicted molar refractivity (Wildman–Crippen MR) is 98.1 cm³/mol. The summed E-state index contributed by atoms with van der Waals surface area (Å²) in [5.41, 5.74) is -1.08. The molecule has 1 aliphatic rings. The summed E-state index contributed by atoms with van der Waals surface area (Å²) in [6.45, 7) is 4.92. The number of halogens is 5. The van der Waals surface area contributed by atoms with E-state index in [0.29, 0.717) is 19.7 Å². The summed E-state index contributed by atoms with van der Waals surface area (Å²) in [5, 5.41) is 5.94. The van der Waals surface area contributed by atoms with Crippen molar-refractivity contribution in [2.45, 2.75) is 38.8 Å². The van der Waals surface area contributed by atoms with Gasteiger partial charge in [0.1, 0.15) is 0 Å². The smallest absolute Gasteiger partial charge is 0.191 e. The number of nitrogens with zero attached hydrogens (tertiary/aromatic N) is 1. The summed E-state index contributed by atoms with van der Waals surface area (Å²) in [7, 11) is 0. The van der Waals surface area contributed by atoms with Crippen molar-refractivity contribution in [3.05, 3.63) is 34.9 Å². The summed E-state index contributed by atoms with van der Waals surface area (Å²) in [6, 6.07) is 0.180. The van der Waals surface area contributed by atoms with E-state index in [2.05, 4.69) is 15.6 Å². The first-order valence-electron chi connectivity index (χ1n) is 7.84. The Morgan fingerprint density at radius 2 is 1.84 bits per heavy atom. The zero-order valence-electron chi connectivity index (χ0n) is 14.1. The van der Waals surface area contributed by atoms with Gasteiger partial charge in [0.15, 0.2) is 29.2 Å². The highest BCUT2D eigenvalue weighted by atomic mass is 127. The lowest BCUT2D eigenvalue weighted by Crippen LogP contribution is -2.45. The van der Waals surface area contributed by atoms with Gasteiger partial charge in [0.25, 0.3) is 0 Å². The number of guanidine groups is 1. The van der Waals surface area contributed by atoms with Crippen LogP contribution in [0, 0.1) is 23.3 Å². The highest BCUT2D eigenvalue weighted by molar-refractivity contribution is 14.0. The largest absolute Gasteiger partial charge is 0.373 e. The van der Waals surface area contributed by atoms with E-state index in [0.717, 1.165) is 12.8 Å². The van der Waals surface area contributed by atoms with Gasteiger partial charge in [-0.1, -0.05) is 0 Å². The molecule has 1 unspecified atom stereocenters.